The number of nitrogens with zero attached hydrogens (tertiary/aromatic N) is 3. The number of benzene rings is 1. The molecule has 0 unspecified atom stereocenters. The highest BCUT2D eigenvalue weighted by Gasteiger charge is 2.29. The zero-order valence-corrected chi connectivity index (χ0v) is 16.0. The van der Waals surface area contributed by atoms with Gasteiger partial charge in [-0.15, -0.1) is 0 Å². The zero-order valence-electron chi connectivity index (χ0n) is 16.0. The molecule has 0 radical (unpaired) electrons. The highest BCUT2D eigenvalue weighted by atomic mass is 16.6. The van der Waals surface area contributed by atoms with E-state index < -0.39 is 5.60 Å². The van der Waals surface area contributed by atoms with Crippen molar-refractivity contribution in [2.75, 3.05) is 11.9 Å². The number of aromatic nitrogens is 4. The normalized spacial score (nSPS) is 14.0. The number of carbonyl (C=O) groups is 2. The van der Waals surface area contributed by atoms with Crippen LogP contribution in [0.3, 0.4) is 0 Å². The first-order valence-electron chi connectivity index (χ1n) is 9.09. The van der Waals surface area contributed by atoms with E-state index in [4.69, 9.17) is 4.74 Å². The summed E-state index contributed by atoms with van der Waals surface area (Å²) in [6.07, 6.45) is 1.83. The van der Waals surface area contributed by atoms with Gasteiger partial charge in [0.1, 0.15) is 5.60 Å². The third kappa shape index (κ3) is 3.55. The van der Waals surface area contributed by atoms with Crippen molar-refractivity contribution in [2.45, 2.75) is 39.3 Å². The first kappa shape index (κ1) is 18.0. The number of rotatable bonds is 2. The van der Waals surface area contributed by atoms with E-state index in [2.05, 4.69) is 25.5 Å². The van der Waals surface area contributed by atoms with Gasteiger partial charge in [0, 0.05) is 29.8 Å². The fourth-order valence-corrected chi connectivity index (χ4v) is 3.14. The summed E-state index contributed by atoms with van der Waals surface area (Å²) in [4.78, 5) is 33.8. The van der Waals surface area contributed by atoms with Gasteiger partial charge >= 0.3 is 6.09 Å². The number of aromatic amines is 2. The van der Waals surface area contributed by atoms with Gasteiger partial charge in [-0.2, -0.15) is 5.10 Å². The van der Waals surface area contributed by atoms with Gasteiger partial charge < -0.3 is 19.9 Å². The Morgan fingerprint density at radius 1 is 1.29 bits per heavy atom. The number of carbonyl (C=O) groups excluding carboxylic acids is 2. The summed E-state index contributed by atoms with van der Waals surface area (Å²) < 4.78 is 5.45. The third-order valence-electron chi connectivity index (χ3n) is 4.50. The molecule has 9 heteroatoms. The van der Waals surface area contributed by atoms with Crippen molar-refractivity contribution < 1.29 is 14.3 Å². The number of nitrogens with one attached hydrogen (secondary N) is 3. The van der Waals surface area contributed by atoms with Crippen LogP contribution in [0.5, 0.6) is 0 Å². The predicted molar refractivity (Wildman–Crippen MR) is 103 cm³/mol. The fraction of sp³-hybridized carbons (Fsp3) is 0.368. The zero-order chi connectivity index (χ0) is 19.9. The molecule has 0 fully saturated rings. The first-order chi connectivity index (χ1) is 13.3. The van der Waals surface area contributed by atoms with Gasteiger partial charge in [-0.3, -0.25) is 9.89 Å². The molecule has 0 saturated carbocycles. The second-order valence-electron chi connectivity index (χ2n) is 7.77. The number of H-pyrrole nitrogens is 2. The van der Waals surface area contributed by atoms with Crippen LogP contribution in [-0.4, -0.2) is 49.2 Å². The second-order valence-corrected chi connectivity index (χ2v) is 7.77. The smallest absolute Gasteiger partial charge is 0.410 e. The lowest BCUT2D eigenvalue weighted by atomic mass is 10.1. The standard InChI is InChI=1S/C19H22N6O3/c1-19(2,3)28-18(27)25-7-6-13-12(9-25)16(24-23-13)22-17(26)11-4-5-14-15(8-11)21-10-20-14/h4-5,8,10H,6-7,9H2,1-3H3,(H,20,21)(H2,22,23,24,26). The molecule has 1 aliphatic rings. The summed E-state index contributed by atoms with van der Waals surface area (Å²) in [5.74, 6) is 0.151. The Kier molecular flexibility index (Phi) is 4.29. The highest BCUT2D eigenvalue weighted by molar-refractivity contribution is 6.05. The third-order valence-corrected chi connectivity index (χ3v) is 4.50. The second kappa shape index (κ2) is 6.66. The SMILES string of the molecule is CC(C)(C)OC(=O)N1CCc2[nH]nc(NC(=O)c3ccc4nc[nH]c4c3)c2C1. The minimum Gasteiger partial charge on any atom is -0.444 e. The molecule has 28 heavy (non-hydrogen) atoms. The largest absolute Gasteiger partial charge is 0.444 e. The number of imidazole rings is 1. The topological polar surface area (TPSA) is 116 Å². The van der Waals surface area contributed by atoms with E-state index in [0.29, 0.717) is 30.9 Å². The first-order valence-corrected chi connectivity index (χ1v) is 9.09. The Balaban J connectivity index is 1.51. The van der Waals surface area contributed by atoms with Crippen LogP contribution >= 0.6 is 0 Å². The summed E-state index contributed by atoms with van der Waals surface area (Å²) in [5.41, 5.74) is 3.23. The molecular formula is C19H22N6O3. The number of amides is 2. The van der Waals surface area contributed by atoms with Gasteiger partial charge in [-0.1, -0.05) is 0 Å². The van der Waals surface area contributed by atoms with E-state index >= 15 is 0 Å². The molecule has 0 bridgehead atoms. The van der Waals surface area contributed by atoms with Crippen LogP contribution in [0.25, 0.3) is 11.0 Å². The summed E-state index contributed by atoms with van der Waals surface area (Å²) >= 11 is 0. The Morgan fingerprint density at radius 3 is 2.89 bits per heavy atom. The average molecular weight is 382 g/mol. The molecule has 2 amide bonds. The molecule has 0 saturated heterocycles. The molecule has 1 aromatic carbocycles. The minimum atomic E-state index is -0.559. The van der Waals surface area contributed by atoms with E-state index in [-0.39, 0.29) is 12.0 Å². The summed E-state index contributed by atoms with van der Waals surface area (Å²) in [5, 5.41) is 10.0. The van der Waals surface area contributed by atoms with E-state index in [1.54, 1.807) is 29.4 Å². The molecule has 3 heterocycles. The van der Waals surface area contributed by atoms with Crippen LogP contribution in [0.2, 0.25) is 0 Å². The van der Waals surface area contributed by atoms with Crippen molar-refractivity contribution in [2.24, 2.45) is 0 Å². The Labute approximate surface area is 161 Å². The average Bonchev–Trinajstić information content (AvgIpc) is 3.26. The van der Waals surface area contributed by atoms with E-state index in [9.17, 15) is 9.59 Å². The van der Waals surface area contributed by atoms with Gasteiger partial charge in [0.2, 0.25) is 0 Å². The van der Waals surface area contributed by atoms with Gasteiger partial charge in [0.15, 0.2) is 5.82 Å². The molecule has 0 atom stereocenters. The van der Waals surface area contributed by atoms with Gasteiger partial charge in [0.05, 0.1) is 23.9 Å². The van der Waals surface area contributed by atoms with Gasteiger partial charge in [0.25, 0.3) is 5.91 Å². The van der Waals surface area contributed by atoms with E-state index in [0.717, 1.165) is 22.3 Å². The number of hydrogen-bond acceptors (Lipinski definition) is 5. The van der Waals surface area contributed by atoms with E-state index in [1.807, 2.05) is 20.8 Å². The molecular weight excluding hydrogens is 360 g/mol. The quantitative estimate of drug-likeness (QED) is 0.630. The number of anilines is 1. The maximum Gasteiger partial charge on any atom is 0.410 e. The summed E-state index contributed by atoms with van der Waals surface area (Å²) in [6, 6.07) is 5.24. The lowest BCUT2D eigenvalue weighted by Gasteiger charge is -2.30. The molecule has 146 valence electrons. The van der Waals surface area contributed by atoms with Crippen LogP contribution in [0, 0.1) is 0 Å². The lowest BCUT2D eigenvalue weighted by molar-refractivity contribution is 0.0224. The van der Waals surface area contributed by atoms with Gasteiger partial charge in [-0.05, 0) is 39.0 Å². The maximum absolute atomic E-state index is 12.7. The van der Waals surface area contributed by atoms with Crippen molar-refractivity contribution in [3.05, 3.63) is 41.3 Å². The summed E-state index contributed by atoms with van der Waals surface area (Å²) in [6.45, 7) is 6.37. The highest BCUT2D eigenvalue weighted by Crippen LogP contribution is 2.26. The number of ether oxygens (including phenoxy) is 1. The van der Waals surface area contributed by atoms with Crippen molar-refractivity contribution in [3.63, 3.8) is 0 Å². The maximum atomic E-state index is 12.7. The molecule has 0 spiro atoms. The van der Waals surface area contributed by atoms with Crippen LogP contribution in [-0.2, 0) is 17.7 Å². The number of fused-ring (bicyclic) bond motifs is 2. The predicted octanol–water partition coefficient (Wildman–Crippen LogP) is 2.83. The van der Waals surface area contributed by atoms with Crippen LogP contribution < -0.4 is 5.32 Å². The summed E-state index contributed by atoms with van der Waals surface area (Å²) in [7, 11) is 0. The van der Waals surface area contributed by atoms with Crippen LogP contribution in [0.1, 0.15) is 42.4 Å². The number of hydrogen-bond donors (Lipinski definition) is 3. The van der Waals surface area contributed by atoms with Crippen molar-refractivity contribution in [3.8, 4) is 0 Å². The lowest BCUT2D eigenvalue weighted by Crippen LogP contribution is -2.40. The molecule has 9 nitrogen and oxygen atoms in total. The van der Waals surface area contributed by atoms with Crippen molar-refractivity contribution in [1.82, 2.24) is 25.1 Å². The van der Waals surface area contributed by atoms with E-state index in [1.165, 1.54) is 0 Å². The molecule has 1 aliphatic heterocycles. The Morgan fingerprint density at radius 2 is 2.11 bits per heavy atom. The Bertz CT molecular complexity index is 1050. The molecule has 0 aliphatic carbocycles. The van der Waals surface area contributed by atoms with Gasteiger partial charge in [-0.25, -0.2) is 9.78 Å². The molecule has 3 N–H and O–H groups in total. The van der Waals surface area contributed by atoms with Crippen molar-refractivity contribution in [1.29, 1.82) is 0 Å². The minimum absolute atomic E-state index is 0.278. The fourth-order valence-electron chi connectivity index (χ4n) is 3.14. The van der Waals surface area contributed by atoms with Crippen LogP contribution in [0.15, 0.2) is 24.5 Å². The Hall–Kier alpha value is -3.36. The molecule has 2 aromatic heterocycles. The molecule has 3 aromatic rings. The van der Waals surface area contributed by atoms with Crippen LogP contribution in [0.4, 0.5) is 10.6 Å². The monoisotopic (exact) mass is 382 g/mol. The van der Waals surface area contributed by atoms with Crippen molar-refractivity contribution >= 4 is 28.9 Å². The molecule has 4 rings (SSSR count).